The van der Waals surface area contributed by atoms with E-state index in [0.29, 0.717) is 56.1 Å². The van der Waals surface area contributed by atoms with E-state index in [2.05, 4.69) is 16.0 Å². The molecule has 206 valence electrons. The van der Waals surface area contributed by atoms with Gasteiger partial charge in [0.25, 0.3) is 5.91 Å². The van der Waals surface area contributed by atoms with Crippen LogP contribution in [0.25, 0.3) is 0 Å². The van der Waals surface area contributed by atoms with Crippen LogP contribution < -0.4 is 21.7 Å². The van der Waals surface area contributed by atoms with Gasteiger partial charge in [0.2, 0.25) is 23.6 Å². The second-order valence-electron chi connectivity index (χ2n) is 9.13. The summed E-state index contributed by atoms with van der Waals surface area (Å²) >= 11 is 0. The summed E-state index contributed by atoms with van der Waals surface area (Å²) in [4.78, 5) is 61.4. The number of piperidine rings is 1. The number of fused-ring (bicyclic) bond motifs is 1. The van der Waals surface area contributed by atoms with E-state index in [0.717, 1.165) is 11.3 Å². The van der Waals surface area contributed by atoms with Crippen LogP contribution in [0.15, 0.2) is 42.5 Å². The molecule has 1 fully saturated rings. The first kappa shape index (κ1) is 27.7. The van der Waals surface area contributed by atoms with Crippen molar-refractivity contribution in [1.82, 2.24) is 10.2 Å². The lowest BCUT2D eigenvalue weighted by Crippen LogP contribution is -2.52. The molecular weight excluding hydrogens is 506 g/mol. The van der Waals surface area contributed by atoms with Crippen molar-refractivity contribution in [2.75, 3.05) is 43.6 Å². The maximum Gasteiger partial charge on any atom is 0.255 e. The zero-order valence-corrected chi connectivity index (χ0v) is 21.4. The van der Waals surface area contributed by atoms with Crippen LogP contribution in [-0.4, -0.2) is 73.4 Å². The number of anilines is 2. The average molecular weight is 538 g/mol. The Bertz CT molecular complexity index is 1260. The van der Waals surface area contributed by atoms with Crippen molar-refractivity contribution >= 4 is 40.9 Å². The van der Waals surface area contributed by atoms with Gasteiger partial charge >= 0.3 is 0 Å². The highest BCUT2D eigenvalue weighted by atomic mass is 16.5. The molecule has 2 aromatic carbocycles. The lowest BCUT2D eigenvalue weighted by Gasteiger charge is -2.29. The molecule has 1 atom stereocenters. The van der Waals surface area contributed by atoms with Crippen LogP contribution in [0, 0.1) is 0 Å². The Morgan fingerprint density at radius 2 is 1.79 bits per heavy atom. The zero-order chi connectivity index (χ0) is 27.8. The van der Waals surface area contributed by atoms with E-state index in [-0.39, 0.29) is 37.2 Å². The quantitative estimate of drug-likeness (QED) is 0.217. The van der Waals surface area contributed by atoms with Crippen molar-refractivity contribution in [3.05, 3.63) is 59.2 Å². The van der Waals surface area contributed by atoms with Crippen LogP contribution in [0.3, 0.4) is 0 Å². The minimum atomic E-state index is -0.655. The van der Waals surface area contributed by atoms with Crippen LogP contribution in [-0.2, 0) is 30.4 Å². The van der Waals surface area contributed by atoms with E-state index >= 15 is 0 Å². The normalized spacial score (nSPS) is 16.6. The zero-order valence-electron chi connectivity index (χ0n) is 21.4. The predicted octanol–water partition coefficient (Wildman–Crippen LogP) is 1.02. The molecule has 0 radical (unpaired) electrons. The van der Waals surface area contributed by atoms with E-state index < -0.39 is 17.9 Å². The molecule has 0 aromatic heterocycles. The van der Waals surface area contributed by atoms with Gasteiger partial charge in [-0.25, -0.2) is 0 Å². The fourth-order valence-corrected chi connectivity index (χ4v) is 4.47. The molecule has 1 unspecified atom stereocenters. The molecule has 2 aliphatic heterocycles. The second kappa shape index (κ2) is 13.0. The third-order valence-corrected chi connectivity index (χ3v) is 6.42. The van der Waals surface area contributed by atoms with Crippen molar-refractivity contribution in [2.45, 2.75) is 31.8 Å². The van der Waals surface area contributed by atoms with Gasteiger partial charge in [0.15, 0.2) is 0 Å². The lowest BCUT2D eigenvalue weighted by molar-refractivity contribution is -0.137. The number of nitrogens with two attached hydrogens (primary N) is 1. The number of benzene rings is 2. The van der Waals surface area contributed by atoms with Crippen molar-refractivity contribution < 1.29 is 33.4 Å². The Hall–Kier alpha value is -4.29. The maximum absolute atomic E-state index is 12.9. The van der Waals surface area contributed by atoms with Gasteiger partial charge in [-0.3, -0.25) is 29.3 Å². The summed E-state index contributed by atoms with van der Waals surface area (Å²) < 4.78 is 11.0. The van der Waals surface area contributed by atoms with Gasteiger partial charge in [-0.15, -0.1) is 0 Å². The topological polar surface area (TPSA) is 169 Å². The average Bonchev–Trinajstić information content (AvgIpc) is 3.24. The first-order valence-electron chi connectivity index (χ1n) is 12.7. The summed E-state index contributed by atoms with van der Waals surface area (Å²) in [5, 5.41) is 8.28. The molecule has 0 aliphatic carbocycles. The van der Waals surface area contributed by atoms with Crippen molar-refractivity contribution in [2.24, 2.45) is 5.73 Å². The van der Waals surface area contributed by atoms with Crippen LogP contribution >= 0.6 is 0 Å². The number of carbonyl (C=O) groups is 5. The first-order chi connectivity index (χ1) is 18.8. The molecule has 0 spiro atoms. The van der Waals surface area contributed by atoms with Gasteiger partial charge < -0.3 is 30.7 Å². The molecule has 39 heavy (non-hydrogen) atoms. The molecule has 0 bridgehead atoms. The molecule has 12 heteroatoms. The summed E-state index contributed by atoms with van der Waals surface area (Å²) in [5.41, 5.74) is 8.20. The lowest BCUT2D eigenvalue weighted by atomic mass is 10.0. The van der Waals surface area contributed by atoms with Gasteiger partial charge in [-0.1, -0.05) is 12.1 Å². The second-order valence-corrected chi connectivity index (χ2v) is 9.13. The van der Waals surface area contributed by atoms with Crippen LogP contribution in [0.5, 0.6) is 0 Å². The van der Waals surface area contributed by atoms with Gasteiger partial charge in [0.05, 0.1) is 32.8 Å². The number of imide groups is 1. The van der Waals surface area contributed by atoms with Gasteiger partial charge in [-0.05, 0) is 36.8 Å². The number of nitrogens with one attached hydrogen (secondary N) is 3. The molecule has 12 nitrogen and oxygen atoms in total. The van der Waals surface area contributed by atoms with E-state index in [1.807, 2.05) is 6.07 Å². The van der Waals surface area contributed by atoms with E-state index in [9.17, 15) is 24.0 Å². The standard InChI is InChI=1S/C27H31N5O7/c28-25(35)17-3-1-4-18(15-17)30-24(34)9-11-38-13-14-39-12-10-29-21-6-2-5-19-20(21)16-32(27(19)37)22-7-8-23(33)31-26(22)36/h1-6,15,22,29H,7-14,16H2,(H2,28,35)(H,30,34)(H,31,33,36). The monoisotopic (exact) mass is 537 g/mol. The molecular formula is C27H31N5O7. The minimum absolute atomic E-state index is 0.149. The molecule has 1 saturated heterocycles. The van der Waals surface area contributed by atoms with E-state index in [4.69, 9.17) is 15.2 Å². The van der Waals surface area contributed by atoms with E-state index in [1.165, 1.54) is 11.0 Å². The Kier molecular flexibility index (Phi) is 9.23. The van der Waals surface area contributed by atoms with Crippen LogP contribution in [0.4, 0.5) is 11.4 Å². The third kappa shape index (κ3) is 7.18. The number of amides is 5. The highest BCUT2D eigenvalue weighted by Gasteiger charge is 2.39. The molecule has 2 heterocycles. The number of ether oxygens (including phenoxy) is 2. The van der Waals surface area contributed by atoms with Crippen molar-refractivity contribution in [3.63, 3.8) is 0 Å². The highest BCUT2D eigenvalue weighted by molar-refractivity contribution is 6.06. The van der Waals surface area contributed by atoms with Gasteiger partial charge in [0, 0.05) is 47.6 Å². The van der Waals surface area contributed by atoms with Gasteiger partial charge in [-0.2, -0.15) is 0 Å². The molecule has 4 rings (SSSR count). The first-order valence-corrected chi connectivity index (χ1v) is 12.7. The Labute approximate surface area is 225 Å². The Morgan fingerprint density at radius 1 is 1.03 bits per heavy atom. The minimum Gasteiger partial charge on any atom is -0.382 e. The number of nitrogens with zero attached hydrogens (tertiary/aromatic N) is 1. The fourth-order valence-electron chi connectivity index (χ4n) is 4.47. The Balaban J connectivity index is 1.11. The van der Waals surface area contributed by atoms with E-state index in [1.54, 1.807) is 30.3 Å². The number of primary amides is 1. The summed E-state index contributed by atoms with van der Waals surface area (Å²) in [6.45, 7) is 2.07. The molecule has 0 saturated carbocycles. The van der Waals surface area contributed by atoms with Crippen molar-refractivity contribution in [1.29, 1.82) is 0 Å². The summed E-state index contributed by atoms with van der Waals surface area (Å²) in [6.07, 6.45) is 0.678. The number of hydrogen-bond acceptors (Lipinski definition) is 8. The molecule has 2 aromatic rings. The number of carbonyl (C=O) groups excluding carboxylic acids is 5. The van der Waals surface area contributed by atoms with Crippen LogP contribution in [0.2, 0.25) is 0 Å². The van der Waals surface area contributed by atoms with Gasteiger partial charge in [0.1, 0.15) is 6.04 Å². The number of rotatable bonds is 13. The smallest absolute Gasteiger partial charge is 0.255 e. The fraction of sp³-hybridized carbons (Fsp3) is 0.370. The van der Waals surface area contributed by atoms with Crippen molar-refractivity contribution in [3.8, 4) is 0 Å². The molecule has 5 N–H and O–H groups in total. The third-order valence-electron chi connectivity index (χ3n) is 6.42. The highest BCUT2D eigenvalue weighted by Crippen LogP contribution is 2.32. The largest absolute Gasteiger partial charge is 0.382 e. The van der Waals surface area contributed by atoms with Crippen LogP contribution in [0.1, 0.15) is 45.5 Å². The maximum atomic E-state index is 12.9. The predicted molar refractivity (Wildman–Crippen MR) is 141 cm³/mol. The molecule has 2 aliphatic rings. The number of hydrogen-bond donors (Lipinski definition) is 4. The summed E-state index contributed by atoms with van der Waals surface area (Å²) in [6, 6.07) is 11.1. The Morgan fingerprint density at radius 3 is 2.56 bits per heavy atom. The SMILES string of the molecule is NC(=O)c1cccc(NC(=O)CCOCCOCCNc2cccc3c2CN(C2CCC(=O)NC2=O)C3=O)c1. The summed E-state index contributed by atoms with van der Waals surface area (Å²) in [5.74, 6) is -1.78. The molecule has 5 amide bonds. The summed E-state index contributed by atoms with van der Waals surface area (Å²) in [7, 11) is 0.